The van der Waals surface area contributed by atoms with Gasteiger partial charge in [0, 0.05) is 12.3 Å². The molecule has 2 N–H and O–H groups in total. The van der Waals surface area contributed by atoms with Crippen LogP contribution in [0, 0.1) is 0 Å². The minimum Gasteiger partial charge on any atom is -0.742 e. The Bertz CT molecular complexity index is 1260. The maximum absolute atomic E-state index is 12.5. The molecule has 0 aliphatic heterocycles. The molecular formula is C24H20NNaO7S. The first-order valence-corrected chi connectivity index (χ1v) is 11.5. The van der Waals surface area contributed by atoms with E-state index in [1.807, 2.05) is 48.5 Å². The summed E-state index contributed by atoms with van der Waals surface area (Å²) < 4.78 is 39.3. The topological polar surface area (TPSA) is 133 Å². The van der Waals surface area contributed by atoms with Crippen molar-refractivity contribution in [2.24, 2.45) is 0 Å². The first-order valence-electron chi connectivity index (χ1n) is 10.1. The first-order chi connectivity index (χ1) is 15.7. The van der Waals surface area contributed by atoms with Crippen LogP contribution in [0.15, 0.2) is 72.8 Å². The summed E-state index contributed by atoms with van der Waals surface area (Å²) in [5.74, 6) is -0.250. The molecule has 0 bridgehead atoms. The normalized spacial score (nSPS) is 13.2. The van der Waals surface area contributed by atoms with Gasteiger partial charge in [0.1, 0.15) is 18.4 Å². The van der Waals surface area contributed by atoms with E-state index in [0.29, 0.717) is 5.56 Å². The van der Waals surface area contributed by atoms with Crippen molar-refractivity contribution in [2.75, 3.05) is 6.61 Å². The molecule has 1 atom stereocenters. The van der Waals surface area contributed by atoms with Gasteiger partial charge in [-0.05, 0) is 39.9 Å². The molecule has 3 aromatic carbocycles. The number of fused-ring (bicyclic) bond motifs is 3. The molecule has 0 spiro atoms. The summed E-state index contributed by atoms with van der Waals surface area (Å²) in [4.78, 5) is 24.6. The Kier molecular flexibility index (Phi) is 8.17. The fraction of sp³-hybridized carbons (Fsp3) is 0.167. The van der Waals surface area contributed by atoms with Gasteiger partial charge >= 0.3 is 35.7 Å². The standard InChI is InChI=1S/C24H21NO7S.Na/c26-16-11-9-15(10-12-16)13-22(23(27)33(29,30)31)25-24(28)32-14-21-19-7-3-1-5-17(19)18-6-2-4-8-20(18)21;/h1-12,21-22,26H,13-14H2,(H,25,28)(H,29,30,31);/q;+1/p-1. The third-order valence-corrected chi connectivity index (χ3v) is 6.32. The van der Waals surface area contributed by atoms with E-state index in [-0.39, 0.29) is 54.3 Å². The van der Waals surface area contributed by atoms with Crippen molar-refractivity contribution in [3.63, 3.8) is 0 Å². The van der Waals surface area contributed by atoms with Gasteiger partial charge in [-0.2, -0.15) is 0 Å². The number of amides is 1. The number of nitrogens with one attached hydrogen (secondary N) is 1. The van der Waals surface area contributed by atoms with Gasteiger partial charge in [-0.1, -0.05) is 60.7 Å². The average molecular weight is 489 g/mol. The zero-order valence-electron chi connectivity index (χ0n) is 18.3. The number of phenols is 1. The van der Waals surface area contributed by atoms with E-state index in [0.717, 1.165) is 22.3 Å². The predicted octanol–water partition coefficient (Wildman–Crippen LogP) is -0.0822. The maximum Gasteiger partial charge on any atom is 1.00 e. The number of rotatable bonds is 6. The summed E-state index contributed by atoms with van der Waals surface area (Å²) in [6, 6.07) is 19.5. The van der Waals surface area contributed by atoms with Crippen molar-refractivity contribution in [3.8, 4) is 16.9 Å². The molecule has 0 radical (unpaired) electrons. The number of ether oxygens (including phenoxy) is 1. The fourth-order valence-electron chi connectivity index (χ4n) is 4.02. The molecule has 0 saturated heterocycles. The third kappa shape index (κ3) is 5.68. The van der Waals surface area contributed by atoms with E-state index < -0.39 is 27.4 Å². The first kappa shape index (κ1) is 25.9. The van der Waals surface area contributed by atoms with Gasteiger partial charge in [0.2, 0.25) is 0 Å². The van der Waals surface area contributed by atoms with Crippen LogP contribution in [0.1, 0.15) is 22.6 Å². The number of carbonyl (C=O) groups is 2. The Balaban J connectivity index is 0.00000324. The Morgan fingerprint density at radius 1 is 0.941 bits per heavy atom. The van der Waals surface area contributed by atoms with Crippen molar-refractivity contribution < 1.29 is 62.0 Å². The second-order valence-electron chi connectivity index (χ2n) is 7.67. The van der Waals surface area contributed by atoms with Crippen LogP contribution in [0.3, 0.4) is 0 Å². The van der Waals surface area contributed by atoms with E-state index in [9.17, 15) is 27.7 Å². The average Bonchev–Trinajstić information content (AvgIpc) is 3.11. The summed E-state index contributed by atoms with van der Waals surface area (Å²) >= 11 is 0. The molecule has 10 heteroatoms. The Morgan fingerprint density at radius 2 is 1.47 bits per heavy atom. The van der Waals surface area contributed by atoms with Gasteiger partial charge in [0.25, 0.3) is 5.12 Å². The second-order valence-corrected chi connectivity index (χ2v) is 8.98. The number of phenolic OH excluding ortho intramolecular Hbond substituents is 1. The van der Waals surface area contributed by atoms with E-state index in [1.54, 1.807) is 0 Å². The minimum atomic E-state index is -5.30. The Morgan fingerprint density at radius 3 is 2.00 bits per heavy atom. The molecule has 34 heavy (non-hydrogen) atoms. The monoisotopic (exact) mass is 489 g/mol. The molecular weight excluding hydrogens is 469 g/mol. The number of alkyl carbamates (subject to hydrolysis) is 1. The van der Waals surface area contributed by atoms with Crippen molar-refractivity contribution in [1.82, 2.24) is 5.32 Å². The minimum absolute atomic E-state index is 0. The molecule has 0 saturated carbocycles. The molecule has 1 aliphatic carbocycles. The van der Waals surface area contributed by atoms with E-state index in [1.165, 1.54) is 24.3 Å². The smallest absolute Gasteiger partial charge is 0.742 e. The predicted molar refractivity (Wildman–Crippen MR) is 119 cm³/mol. The van der Waals surface area contributed by atoms with Crippen molar-refractivity contribution in [3.05, 3.63) is 89.5 Å². The van der Waals surface area contributed by atoms with Crippen molar-refractivity contribution in [2.45, 2.75) is 18.4 Å². The van der Waals surface area contributed by atoms with Crippen LogP contribution < -0.4 is 34.9 Å². The molecule has 1 aliphatic rings. The van der Waals surface area contributed by atoms with Crippen molar-refractivity contribution >= 4 is 21.3 Å². The van der Waals surface area contributed by atoms with Crippen LogP contribution in [-0.4, -0.2) is 41.9 Å². The van der Waals surface area contributed by atoms with Crippen LogP contribution in [-0.2, 0) is 26.1 Å². The quantitative estimate of drug-likeness (QED) is 0.366. The summed E-state index contributed by atoms with van der Waals surface area (Å²) in [6.45, 7) is -0.0376. The summed E-state index contributed by atoms with van der Waals surface area (Å²) in [5.41, 5.74) is 4.50. The van der Waals surface area contributed by atoms with E-state index >= 15 is 0 Å². The number of hydrogen-bond acceptors (Lipinski definition) is 7. The largest absolute Gasteiger partial charge is 1.00 e. The molecule has 3 aromatic rings. The molecule has 8 nitrogen and oxygen atoms in total. The summed E-state index contributed by atoms with van der Waals surface area (Å²) in [6.07, 6.45) is -1.28. The molecule has 0 fully saturated rings. The van der Waals surface area contributed by atoms with Crippen LogP contribution in [0.4, 0.5) is 4.79 Å². The molecule has 1 unspecified atom stereocenters. The van der Waals surface area contributed by atoms with Gasteiger partial charge in [0.05, 0.1) is 0 Å². The van der Waals surface area contributed by atoms with Crippen LogP contribution in [0.25, 0.3) is 11.1 Å². The zero-order valence-corrected chi connectivity index (χ0v) is 21.1. The molecule has 0 heterocycles. The Hall–Kier alpha value is -2.69. The van der Waals surface area contributed by atoms with Gasteiger partial charge in [-0.3, -0.25) is 4.79 Å². The summed E-state index contributed by atoms with van der Waals surface area (Å²) in [7, 11) is -5.30. The summed E-state index contributed by atoms with van der Waals surface area (Å²) in [5, 5.41) is 9.93. The van der Waals surface area contributed by atoms with Crippen LogP contribution in [0.5, 0.6) is 5.75 Å². The van der Waals surface area contributed by atoms with Gasteiger partial charge < -0.3 is 19.7 Å². The molecule has 0 aromatic heterocycles. The number of carbonyl (C=O) groups excluding carboxylic acids is 2. The van der Waals surface area contributed by atoms with E-state index in [2.05, 4.69) is 5.32 Å². The third-order valence-electron chi connectivity index (χ3n) is 5.54. The van der Waals surface area contributed by atoms with E-state index in [4.69, 9.17) is 4.74 Å². The van der Waals surface area contributed by atoms with Crippen LogP contribution >= 0.6 is 0 Å². The zero-order chi connectivity index (χ0) is 23.6. The van der Waals surface area contributed by atoms with Gasteiger partial charge in [-0.15, -0.1) is 0 Å². The maximum atomic E-state index is 12.5. The number of benzene rings is 3. The second kappa shape index (κ2) is 10.7. The molecule has 170 valence electrons. The molecule has 1 amide bonds. The number of hydrogen-bond donors (Lipinski definition) is 2. The SMILES string of the molecule is O=C(NC(Cc1ccc(O)cc1)C(=O)S(=O)(=O)[O-])OCC1c2ccccc2-c2ccccc21.[Na+]. The number of aromatic hydroxyl groups is 1. The fourth-order valence-corrected chi connectivity index (χ4v) is 4.51. The van der Waals surface area contributed by atoms with Crippen LogP contribution in [0.2, 0.25) is 0 Å². The van der Waals surface area contributed by atoms with Gasteiger partial charge in [-0.25, -0.2) is 13.2 Å². The van der Waals surface area contributed by atoms with Gasteiger partial charge in [0.15, 0.2) is 10.1 Å². The van der Waals surface area contributed by atoms with Crippen molar-refractivity contribution in [1.29, 1.82) is 0 Å². The molecule has 4 rings (SSSR count). The Labute approximate surface area is 219 Å².